The van der Waals surface area contributed by atoms with Gasteiger partial charge >= 0.3 is 0 Å². The van der Waals surface area contributed by atoms with Crippen LogP contribution in [0.15, 0.2) is 24.3 Å². The number of piperidine rings is 1. The van der Waals surface area contributed by atoms with Crippen LogP contribution in [-0.4, -0.2) is 29.9 Å². The average Bonchev–Trinajstić information content (AvgIpc) is 3.23. The van der Waals surface area contributed by atoms with Crippen molar-refractivity contribution in [2.24, 2.45) is 5.92 Å². The van der Waals surface area contributed by atoms with Gasteiger partial charge < -0.3 is 10.2 Å². The van der Waals surface area contributed by atoms with E-state index >= 15 is 0 Å². The van der Waals surface area contributed by atoms with Crippen LogP contribution in [0.4, 0.5) is 0 Å². The number of carbonyl (C=O) groups excluding carboxylic acids is 1. The number of nitrogens with zero attached hydrogens (tertiary/aromatic N) is 1. The number of benzene rings is 1. The quantitative estimate of drug-likeness (QED) is 0.895. The second kappa shape index (κ2) is 6.75. The lowest BCUT2D eigenvalue weighted by molar-refractivity contribution is -0.119. The van der Waals surface area contributed by atoms with Crippen LogP contribution < -0.4 is 5.32 Å². The normalized spacial score (nSPS) is 27.4. The zero-order valence-corrected chi connectivity index (χ0v) is 15.8. The van der Waals surface area contributed by atoms with Crippen LogP contribution in [-0.2, 0) is 10.2 Å². The second-order valence-electron chi connectivity index (χ2n) is 8.65. The first-order chi connectivity index (χ1) is 12.1. The van der Waals surface area contributed by atoms with Gasteiger partial charge in [0, 0.05) is 18.4 Å². The number of amides is 1. The van der Waals surface area contributed by atoms with Crippen molar-refractivity contribution in [1.29, 1.82) is 0 Å². The summed E-state index contributed by atoms with van der Waals surface area (Å²) in [5.41, 5.74) is 3.13. The maximum Gasteiger partial charge on any atom is 0.217 e. The molecular weight excluding hydrogens is 308 g/mol. The van der Waals surface area contributed by atoms with Gasteiger partial charge in [-0.15, -0.1) is 0 Å². The lowest BCUT2D eigenvalue weighted by atomic mass is 9.73. The van der Waals surface area contributed by atoms with Gasteiger partial charge in [-0.1, -0.05) is 37.1 Å². The Morgan fingerprint density at radius 3 is 2.56 bits per heavy atom. The number of fused-ring (bicyclic) bond motifs is 2. The first kappa shape index (κ1) is 17.1. The van der Waals surface area contributed by atoms with E-state index in [-0.39, 0.29) is 17.4 Å². The zero-order chi connectivity index (χ0) is 17.4. The zero-order valence-electron chi connectivity index (χ0n) is 15.8. The lowest BCUT2D eigenvalue weighted by Crippen LogP contribution is -2.47. The van der Waals surface area contributed by atoms with E-state index in [1.165, 1.54) is 62.7 Å². The van der Waals surface area contributed by atoms with Crippen LogP contribution in [0.25, 0.3) is 0 Å². The molecule has 0 aromatic heterocycles. The van der Waals surface area contributed by atoms with E-state index in [0.717, 1.165) is 18.4 Å². The molecule has 1 aromatic rings. The summed E-state index contributed by atoms with van der Waals surface area (Å²) in [6.07, 6.45) is 9.26. The highest BCUT2D eigenvalue weighted by Crippen LogP contribution is 2.51. The Labute approximate surface area is 152 Å². The predicted molar refractivity (Wildman–Crippen MR) is 102 cm³/mol. The minimum atomic E-state index is 0.0872. The van der Waals surface area contributed by atoms with Crippen molar-refractivity contribution >= 4 is 5.91 Å². The molecule has 136 valence electrons. The number of hydrogen-bond acceptors (Lipinski definition) is 2. The molecule has 1 amide bonds. The van der Waals surface area contributed by atoms with Crippen LogP contribution in [0.1, 0.15) is 76.0 Å². The van der Waals surface area contributed by atoms with E-state index in [0.29, 0.717) is 0 Å². The molecule has 3 heteroatoms. The Hall–Kier alpha value is -1.35. The third kappa shape index (κ3) is 3.12. The Bertz CT molecular complexity index is 627. The van der Waals surface area contributed by atoms with Gasteiger partial charge in [-0.3, -0.25) is 4.79 Å². The number of rotatable bonds is 3. The molecule has 3 nitrogen and oxygen atoms in total. The molecule has 0 bridgehead atoms. The fraction of sp³-hybridized carbons (Fsp3) is 0.682. The van der Waals surface area contributed by atoms with Crippen molar-refractivity contribution in [3.63, 3.8) is 0 Å². The largest absolute Gasteiger partial charge is 0.349 e. The summed E-state index contributed by atoms with van der Waals surface area (Å²) < 4.78 is 0. The highest BCUT2D eigenvalue weighted by Gasteiger charge is 2.46. The first-order valence-corrected chi connectivity index (χ1v) is 10.2. The molecule has 2 fully saturated rings. The summed E-state index contributed by atoms with van der Waals surface area (Å²) >= 11 is 0. The SMILES string of the molecule is CC(=O)N[C@H]1CC2(CCN([C@@H](C)C3CCCC3)CC2)c2ccccc21. The van der Waals surface area contributed by atoms with E-state index in [1.54, 1.807) is 6.92 Å². The Morgan fingerprint density at radius 1 is 1.20 bits per heavy atom. The maximum atomic E-state index is 11.6. The first-order valence-electron chi connectivity index (χ1n) is 10.2. The molecule has 1 heterocycles. The van der Waals surface area contributed by atoms with Gasteiger partial charge in [0.1, 0.15) is 0 Å². The van der Waals surface area contributed by atoms with Gasteiger partial charge in [0.05, 0.1) is 6.04 Å². The van der Waals surface area contributed by atoms with Crippen LogP contribution >= 0.6 is 0 Å². The molecule has 1 aromatic carbocycles. The Balaban J connectivity index is 1.49. The fourth-order valence-electron chi connectivity index (χ4n) is 5.84. The molecular formula is C22H32N2O. The van der Waals surface area contributed by atoms with Crippen molar-refractivity contribution in [1.82, 2.24) is 10.2 Å². The smallest absolute Gasteiger partial charge is 0.217 e. The van der Waals surface area contributed by atoms with Crippen molar-refractivity contribution in [3.8, 4) is 0 Å². The number of carbonyl (C=O) groups is 1. The maximum absolute atomic E-state index is 11.6. The summed E-state index contributed by atoms with van der Waals surface area (Å²) in [4.78, 5) is 14.4. The summed E-state index contributed by atoms with van der Waals surface area (Å²) in [6, 6.07) is 9.76. The van der Waals surface area contributed by atoms with Crippen LogP contribution in [0.2, 0.25) is 0 Å². The van der Waals surface area contributed by atoms with Gasteiger partial charge in [0.2, 0.25) is 5.91 Å². The number of nitrogens with one attached hydrogen (secondary N) is 1. The van der Waals surface area contributed by atoms with E-state index in [2.05, 4.69) is 41.4 Å². The van der Waals surface area contributed by atoms with Crippen LogP contribution in [0.5, 0.6) is 0 Å². The molecule has 0 unspecified atom stereocenters. The molecule has 2 aliphatic carbocycles. The van der Waals surface area contributed by atoms with Crippen molar-refractivity contribution in [2.45, 2.75) is 76.3 Å². The third-order valence-corrected chi connectivity index (χ3v) is 7.29. The second-order valence-corrected chi connectivity index (χ2v) is 8.65. The number of hydrogen-bond donors (Lipinski definition) is 1. The van der Waals surface area contributed by atoms with Gasteiger partial charge in [-0.05, 0) is 69.2 Å². The van der Waals surface area contributed by atoms with Crippen molar-refractivity contribution in [2.75, 3.05) is 13.1 Å². The molecule has 1 saturated heterocycles. The predicted octanol–water partition coefficient (Wildman–Crippen LogP) is 4.18. The summed E-state index contributed by atoms with van der Waals surface area (Å²) in [6.45, 7) is 6.51. The van der Waals surface area contributed by atoms with Gasteiger partial charge in [-0.2, -0.15) is 0 Å². The molecule has 1 N–H and O–H groups in total. The monoisotopic (exact) mass is 340 g/mol. The minimum Gasteiger partial charge on any atom is -0.349 e. The van der Waals surface area contributed by atoms with E-state index < -0.39 is 0 Å². The highest BCUT2D eigenvalue weighted by molar-refractivity contribution is 5.73. The average molecular weight is 341 g/mol. The van der Waals surface area contributed by atoms with E-state index in [9.17, 15) is 4.79 Å². The standard InChI is InChI=1S/C22H32N2O/c1-16(18-7-3-4-8-18)24-13-11-22(12-14-24)15-21(23-17(2)25)19-9-5-6-10-20(19)22/h5-6,9-10,16,18,21H,3-4,7-8,11-15H2,1-2H3,(H,23,25)/t16-,21-/m0/s1. The Kier molecular flexibility index (Phi) is 4.61. The molecule has 2 atom stereocenters. The molecule has 25 heavy (non-hydrogen) atoms. The molecule has 1 aliphatic heterocycles. The van der Waals surface area contributed by atoms with Gasteiger partial charge in [-0.25, -0.2) is 0 Å². The minimum absolute atomic E-state index is 0.0872. The van der Waals surface area contributed by atoms with Crippen LogP contribution in [0.3, 0.4) is 0 Å². The molecule has 1 spiro atoms. The summed E-state index contributed by atoms with van der Waals surface area (Å²) in [5.74, 6) is 1.00. The van der Waals surface area contributed by atoms with Gasteiger partial charge in [0.15, 0.2) is 0 Å². The molecule has 1 saturated carbocycles. The Morgan fingerprint density at radius 2 is 1.88 bits per heavy atom. The molecule has 0 radical (unpaired) electrons. The summed E-state index contributed by atoms with van der Waals surface area (Å²) in [7, 11) is 0. The highest BCUT2D eigenvalue weighted by atomic mass is 16.1. The summed E-state index contributed by atoms with van der Waals surface area (Å²) in [5, 5.41) is 3.20. The molecule has 4 rings (SSSR count). The molecule has 3 aliphatic rings. The number of likely N-dealkylation sites (tertiary alicyclic amines) is 1. The van der Waals surface area contributed by atoms with E-state index in [4.69, 9.17) is 0 Å². The fourth-order valence-corrected chi connectivity index (χ4v) is 5.84. The van der Waals surface area contributed by atoms with Crippen LogP contribution in [0, 0.1) is 5.92 Å². The van der Waals surface area contributed by atoms with E-state index in [1.807, 2.05) is 0 Å². The third-order valence-electron chi connectivity index (χ3n) is 7.29. The van der Waals surface area contributed by atoms with Crippen molar-refractivity contribution < 1.29 is 4.79 Å². The van der Waals surface area contributed by atoms with Crippen molar-refractivity contribution in [3.05, 3.63) is 35.4 Å². The topological polar surface area (TPSA) is 32.3 Å². The van der Waals surface area contributed by atoms with Gasteiger partial charge in [0.25, 0.3) is 0 Å². The lowest BCUT2D eigenvalue weighted by Gasteiger charge is -2.44.